The molecule has 1 aliphatic rings. The lowest BCUT2D eigenvalue weighted by molar-refractivity contribution is -0.116. The van der Waals surface area contributed by atoms with Gasteiger partial charge in [0.25, 0.3) is 0 Å². The Labute approximate surface area is 111 Å². The summed E-state index contributed by atoms with van der Waals surface area (Å²) in [7, 11) is -2.11. The number of hydrogen-bond donors (Lipinski definition) is 1. The molecule has 1 aromatic rings. The van der Waals surface area contributed by atoms with Crippen molar-refractivity contribution in [2.24, 2.45) is 0 Å². The average molecular weight is 286 g/mol. The second kappa shape index (κ2) is 4.91. The Kier molecular flexibility index (Phi) is 3.65. The van der Waals surface area contributed by atoms with E-state index < -0.39 is 10.0 Å². The minimum atomic E-state index is -3.48. The van der Waals surface area contributed by atoms with Gasteiger partial charge in [-0.25, -0.2) is 13.1 Å². The van der Waals surface area contributed by atoms with Crippen molar-refractivity contribution in [1.29, 1.82) is 0 Å². The highest BCUT2D eigenvalue weighted by Gasteiger charge is 2.23. The minimum absolute atomic E-state index is 0.0736. The highest BCUT2D eigenvalue weighted by Crippen LogP contribution is 2.36. The van der Waals surface area contributed by atoms with Gasteiger partial charge in [0, 0.05) is 24.1 Å². The van der Waals surface area contributed by atoms with Crippen LogP contribution in [0.25, 0.3) is 0 Å². The van der Waals surface area contributed by atoms with Crippen LogP contribution in [0.1, 0.15) is 6.92 Å². The molecule has 7 heteroatoms. The molecular formula is C11H14N2O3S2. The fourth-order valence-electron chi connectivity index (χ4n) is 1.81. The summed E-state index contributed by atoms with van der Waals surface area (Å²) in [5.41, 5.74) is 0.676. The standard InChI is InChI=1S/C11H14N2O3S2/c1-8(14)13-5-6-17-11-4-3-9(7-10(11)13)18(15,16)12-2/h3-4,7,12H,5-6H2,1-2H3. The summed E-state index contributed by atoms with van der Waals surface area (Å²) in [6.45, 7) is 2.09. The zero-order chi connectivity index (χ0) is 13.3. The van der Waals surface area contributed by atoms with Gasteiger partial charge < -0.3 is 4.90 Å². The normalized spacial score (nSPS) is 15.3. The second-order valence-corrected chi connectivity index (χ2v) is 6.88. The quantitative estimate of drug-likeness (QED) is 0.882. The Morgan fingerprint density at radius 1 is 1.44 bits per heavy atom. The third-order valence-electron chi connectivity index (χ3n) is 2.75. The number of fused-ring (bicyclic) bond motifs is 1. The summed E-state index contributed by atoms with van der Waals surface area (Å²) >= 11 is 1.63. The van der Waals surface area contributed by atoms with Crippen LogP contribution in [-0.4, -0.2) is 33.7 Å². The Morgan fingerprint density at radius 3 is 2.78 bits per heavy atom. The van der Waals surface area contributed by atoms with Crippen LogP contribution in [-0.2, 0) is 14.8 Å². The lowest BCUT2D eigenvalue weighted by Gasteiger charge is -2.28. The number of thioether (sulfide) groups is 1. The number of nitrogens with one attached hydrogen (secondary N) is 1. The number of amides is 1. The van der Waals surface area contributed by atoms with Crippen molar-refractivity contribution in [3.8, 4) is 0 Å². The molecule has 0 saturated heterocycles. The molecule has 18 heavy (non-hydrogen) atoms. The summed E-state index contributed by atoms with van der Waals surface area (Å²) in [4.78, 5) is 14.3. The molecule has 0 unspecified atom stereocenters. The van der Waals surface area contributed by atoms with E-state index >= 15 is 0 Å². The van der Waals surface area contributed by atoms with E-state index in [1.54, 1.807) is 34.9 Å². The largest absolute Gasteiger partial charge is 0.311 e. The zero-order valence-corrected chi connectivity index (χ0v) is 11.8. The number of rotatable bonds is 2. The lowest BCUT2D eigenvalue weighted by atomic mass is 10.2. The van der Waals surface area contributed by atoms with Crippen LogP contribution >= 0.6 is 11.8 Å². The molecule has 1 N–H and O–H groups in total. The molecule has 0 bridgehead atoms. The predicted molar refractivity (Wildman–Crippen MR) is 71.4 cm³/mol. The molecule has 2 rings (SSSR count). The van der Waals surface area contributed by atoms with Gasteiger partial charge in [-0.2, -0.15) is 0 Å². The van der Waals surface area contributed by atoms with E-state index in [4.69, 9.17) is 0 Å². The minimum Gasteiger partial charge on any atom is -0.311 e. The molecule has 5 nitrogen and oxygen atoms in total. The molecule has 0 aliphatic carbocycles. The first-order valence-corrected chi connectivity index (χ1v) is 7.91. The number of hydrogen-bond acceptors (Lipinski definition) is 4. The highest BCUT2D eigenvalue weighted by molar-refractivity contribution is 7.99. The number of carbonyl (C=O) groups is 1. The summed E-state index contributed by atoms with van der Waals surface area (Å²) in [6, 6.07) is 4.86. The van der Waals surface area contributed by atoms with E-state index in [0.717, 1.165) is 10.6 Å². The number of benzene rings is 1. The van der Waals surface area contributed by atoms with Crippen LogP contribution in [0.2, 0.25) is 0 Å². The van der Waals surface area contributed by atoms with Crippen molar-refractivity contribution < 1.29 is 13.2 Å². The van der Waals surface area contributed by atoms with Crippen LogP contribution < -0.4 is 9.62 Å². The molecule has 0 aromatic heterocycles. The molecule has 0 radical (unpaired) electrons. The number of sulfonamides is 1. The summed E-state index contributed by atoms with van der Waals surface area (Å²) in [5.74, 6) is 0.751. The molecule has 0 saturated carbocycles. The van der Waals surface area contributed by atoms with Crippen molar-refractivity contribution >= 4 is 33.4 Å². The molecule has 1 aromatic carbocycles. The zero-order valence-electron chi connectivity index (χ0n) is 10.1. The van der Waals surface area contributed by atoms with Crippen molar-refractivity contribution in [2.45, 2.75) is 16.7 Å². The van der Waals surface area contributed by atoms with Crippen molar-refractivity contribution in [2.75, 3.05) is 24.2 Å². The van der Waals surface area contributed by atoms with Gasteiger partial charge in [-0.1, -0.05) is 0 Å². The third-order valence-corrected chi connectivity index (χ3v) is 5.21. The van der Waals surface area contributed by atoms with Gasteiger partial charge in [-0.15, -0.1) is 11.8 Å². The number of carbonyl (C=O) groups excluding carboxylic acids is 1. The monoisotopic (exact) mass is 286 g/mol. The highest BCUT2D eigenvalue weighted by atomic mass is 32.2. The SMILES string of the molecule is CNS(=O)(=O)c1ccc2c(c1)N(C(C)=O)CCS2. The van der Waals surface area contributed by atoms with Crippen LogP contribution in [0.3, 0.4) is 0 Å². The lowest BCUT2D eigenvalue weighted by Crippen LogP contribution is -2.33. The Hall–Kier alpha value is -1.05. The van der Waals surface area contributed by atoms with Gasteiger partial charge in [-0.3, -0.25) is 4.79 Å². The summed E-state index contributed by atoms with van der Waals surface area (Å²) in [5, 5.41) is 0. The van der Waals surface area contributed by atoms with E-state index in [9.17, 15) is 13.2 Å². The van der Waals surface area contributed by atoms with Crippen molar-refractivity contribution in [1.82, 2.24) is 4.72 Å². The van der Waals surface area contributed by atoms with E-state index in [2.05, 4.69) is 4.72 Å². The van der Waals surface area contributed by atoms with Gasteiger partial charge in [0.15, 0.2) is 0 Å². The van der Waals surface area contributed by atoms with Gasteiger partial charge in [-0.05, 0) is 25.2 Å². The summed E-state index contributed by atoms with van der Waals surface area (Å²) < 4.78 is 25.8. The first-order valence-electron chi connectivity index (χ1n) is 5.44. The van der Waals surface area contributed by atoms with Crippen LogP contribution in [0.5, 0.6) is 0 Å². The van der Waals surface area contributed by atoms with E-state index in [1.165, 1.54) is 14.0 Å². The van der Waals surface area contributed by atoms with Gasteiger partial charge >= 0.3 is 0 Å². The third kappa shape index (κ3) is 2.38. The Balaban J connectivity index is 2.53. The molecule has 0 spiro atoms. The van der Waals surface area contributed by atoms with Crippen molar-refractivity contribution in [3.63, 3.8) is 0 Å². The van der Waals surface area contributed by atoms with Crippen LogP contribution in [0.15, 0.2) is 28.0 Å². The smallest absolute Gasteiger partial charge is 0.240 e. The Morgan fingerprint density at radius 2 is 2.17 bits per heavy atom. The maximum absolute atomic E-state index is 11.7. The average Bonchev–Trinajstić information content (AvgIpc) is 2.37. The van der Waals surface area contributed by atoms with E-state index in [-0.39, 0.29) is 10.8 Å². The first-order chi connectivity index (χ1) is 8.45. The van der Waals surface area contributed by atoms with Gasteiger partial charge in [0.2, 0.25) is 15.9 Å². The van der Waals surface area contributed by atoms with E-state index in [1.807, 2.05) is 0 Å². The molecule has 1 heterocycles. The maximum Gasteiger partial charge on any atom is 0.240 e. The molecule has 1 aliphatic heterocycles. The molecule has 1 amide bonds. The van der Waals surface area contributed by atoms with Crippen LogP contribution in [0, 0.1) is 0 Å². The number of nitrogens with zero attached hydrogens (tertiary/aromatic N) is 1. The molecular weight excluding hydrogens is 272 g/mol. The molecule has 98 valence electrons. The second-order valence-electron chi connectivity index (χ2n) is 3.86. The molecule has 0 atom stereocenters. The first kappa shape index (κ1) is 13.4. The van der Waals surface area contributed by atoms with Gasteiger partial charge in [0.1, 0.15) is 0 Å². The molecule has 0 fully saturated rings. The fraction of sp³-hybridized carbons (Fsp3) is 0.364. The topological polar surface area (TPSA) is 66.5 Å². The van der Waals surface area contributed by atoms with Gasteiger partial charge in [0.05, 0.1) is 10.6 Å². The predicted octanol–water partition coefficient (Wildman–Crippen LogP) is 1.05. The fourth-order valence-corrected chi connectivity index (χ4v) is 3.53. The maximum atomic E-state index is 11.7. The van der Waals surface area contributed by atoms with E-state index in [0.29, 0.717) is 12.2 Å². The van der Waals surface area contributed by atoms with Crippen LogP contribution in [0.4, 0.5) is 5.69 Å². The summed E-state index contributed by atoms with van der Waals surface area (Å²) in [6.07, 6.45) is 0. The number of anilines is 1. The Bertz CT molecular complexity index is 584. The van der Waals surface area contributed by atoms with Crippen molar-refractivity contribution in [3.05, 3.63) is 18.2 Å².